The van der Waals surface area contributed by atoms with Gasteiger partial charge in [-0.2, -0.15) is 5.10 Å². The van der Waals surface area contributed by atoms with Gasteiger partial charge in [0.1, 0.15) is 22.8 Å². The highest BCUT2D eigenvalue weighted by Gasteiger charge is 2.14. The first-order valence-corrected chi connectivity index (χ1v) is 9.86. The summed E-state index contributed by atoms with van der Waals surface area (Å²) < 4.78 is 22.1. The van der Waals surface area contributed by atoms with Crippen LogP contribution in [-0.4, -0.2) is 19.2 Å². The molecule has 0 aliphatic carbocycles. The van der Waals surface area contributed by atoms with Crippen LogP contribution in [0.3, 0.4) is 0 Å². The highest BCUT2D eigenvalue weighted by molar-refractivity contribution is 5.65. The molecule has 0 saturated heterocycles. The Morgan fingerprint density at radius 3 is 2.42 bits per heavy atom. The van der Waals surface area contributed by atoms with E-state index in [0.29, 0.717) is 28.6 Å². The number of halogens is 1. The van der Waals surface area contributed by atoms with Crippen molar-refractivity contribution in [2.75, 3.05) is 0 Å². The predicted molar refractivity (Wildman–Crippen MR) is 115 cm³/mol. The third-order valence-electron chi connectivity index (χ3n) is 5.25. The summed E-state index contributed by atoms with van der Waals surface area (Å²) in [5, 5.41) is 4.44. The number of oxazole rings is 1. The molecular formula is C24H19FN4O2. The molecule has 0 bridgehead atoms. The van der Waals surface area contributed by atoms with E-state index in [1.807, 2.05) is 38.1 Å². The molecule has 5 aromatic rings. The first-order chi connectivity index (χ1) is 15.0. The van der Waals surface area contributed by atoms with E-state index < -0.39 is 0 Å². The Kier molecular flexibility index (Phi) is 4.51. The Labute approximate surface area is 177 Å². The molecule has 0 aliphatic rings. The topological polar surface area (TPSA) is 65.3 Å². The fourth-order valence-electron chi connectivity index (χ4n) is 3.47. The van der Waals surface area contributed by atoms with Crippen LogP contribution in [0.5, 0.6) is 0 Å². The van der Waals surface area contributed by atoms with Crippen LogP contribution in [0.4, 0.5) is 4.39 Å². The fourth-order valence-corrected chi connectivity index (χ4v) is 3.47. The molecular weight excluding hydrogens is 395 g/mol. The molecule has 0 fully saturated rings. The lowest BCUT2D eigenvalue weighted by Crippen LogP contribution is -2.22. The molecule has 5 rings (SSSR count). The van der Waals surface area contributed by atoms with E-state index in [1.165, 1.54) is 16.6 Å². The minimum atomic E-state index is -0.317. The molecule has 3 aromatic heterocycles. The van der Waals surface area contributed by atoms with Crippen LogP contribution in [0, 0.1) is 19.7 Å². The third-order valence-corrected chi connectivity index (χ3v) is 5.25. The summed E-state index contributed by atoms with van der Waals surface area (Å²) in [4.78, 5) is 17.6. The summed E-state index contributed by atoms with van der Waals surface area (Å²) in [5.41, 5.74) is 4.33. The minimum absolute atomic E-state index is 0.192. The zero-order chi connectivity index (χ0) is 21.5. The van der Waals surface area contributed by atoms with Gasteiger partial charge in [-0.15, -0.1) is 0 Å². The summed E-state index contributed by atoms with van der Waals surface area (Å²) in [6, 6.07) is 15.7. The van der Waals surface area contributed by atoms with Crippen molar-refractivity contribution >= 4 is 5.52 Å². The predicted octanol–water partition coefficient (Wildman–Crippen LogP) is 4.62. The molecule has 0 atom stereocenters. The number of aromatic nitrogens is 4. The normalized spacial score (nSPS) is 11.3. The lowest BCUT2D eigenvalue weighted by Gasteiger charge is -2.04. The molecule has 0 N–H and O–H groups in total. The van der Waals surface area contributed by atoms with Gasteiger partial charge >= 0.3 is 0 Å². The van der Waals surface area contributed by atoms with Gasteiger partial charge in [0.25, 0.3) is 5.56 Å². The molecule has 0 radical (unpaired) electrons. The molecule has 154 valence electrons. The van der Waals surface area contributed by atoms with Crippen molar-refractivity contribution in [1.29, 1.82) is 0 Å². The molecule has 2 aromatic carbocycles. The van der Waals surface area contributed by atoms with E-state index in [4.69, 9.17) is 4.42 Å². The first-order valence-electron chi connectivity index (χ1n) is 9.86. The number of hydrogen-bond acceptors (Lipinski definition) is 4. The van der Waals surface area contributed by atoms with E-state index in [-0.39, 0.29) is 17.9 Å². The second kappa shape index (κ2) is 7.36. The zero-order valence-electron chi connectivity index (χ0n) is 17.0. The maximum atomic E-state index is 13.2. The highest BCUT2D eigenvalue weighted by atomic mass is 19.1. The van der Waals surface area contributed by atoms with Gasteiger partial charge in [0, 0.05) is 23.5 Å². The summed E-state index contributed by atoms with van der Waals surface area (Å²) in [6.07, 6.45) is 3.40. The monoisotopic (exact) mass is 414 g/mol. The lowest BCUT2D eigenvalue weighted by atomic mass is 10.1. The molecule has 0 aliphatic heterocycles. The van der Waals surface area contributed by atoms with Crippen molar-refractivity contribution in [2.24, 2.45) is 0 Å². The Hall–Kier alpha value is -4.00. The second-order valence-corrected chi connectivity index (χ2v) is 7.49. The molecule has 7 heteroatoms. The van der Waals surface area contributed by atoms with Crippen LogP contribution in [0.1, 0.15) is 17.0 Å². The summed E-state index contributed by atoms with van der Waals surface area (Å²) >= 11 is 0. The molecule has 0 saturated carbocycles. The van der Waals surface area contributed by atoms with Crippen LogP contribution in [0.2, 0.25) is 0 Å². The number of fused-ring (bicyclic) bond motifs is 1. The minimum Gasteiger partial charge on any atom is -0.441 e. The van der Waals surface area contributed by atoms with Crippen LogP contribution in [0.25, 0.3) is 28.2 Å². The van der Waals surface area contributed by atoms with Crippen LogP contribution >= 0.6 is 0 Å². The summed E-state index contributed by atoms with van der Waals surface area (Å²) in [5.74, 6) is 0.885. The quantitative estimate of drug-likeness (QED) is 0.430. The van der Waals surface area contributed by atoms with E-state index in [0.717, 1.165) is 16.7 Å². The molecule has 6 nitrogen and oxygen atoms in total. The van der Waals surface area contributed by atoms with Gasteiger partial charge in [-0.1, -0.05) is 17.7 Å². The molecule has 0 unspecified atom stereocenters. The standard InChI is InChI=1S/C24H19FN4O2/c1-15-3-5-18(6-4-15)23-26-21(16(2)31-23)14-28-11-12-29-22(24(28)30)13-20(27-29)17-7-9-19(25)10-8-17/h3-13H,14H2,1-2H3. The number of nitrogens with zero attached hydrogens (tertiary/aromatic N) is 4. The van der Waals surface area contributed by atoms with Crippen molar-refractivity contribution < 1.29 is 8.81 Å². The van der Waals surface area contributed by atoms with Gasteiger partial charge < -0.3 is 8.98 Å². The lowest BCUT2D eigenvalue weighted by molar-refractivity contribution is 0.537. The number of aryl methyl sites for hydroxylation is 2. The molecule has 0 amide bonds. The highest BCUT2D eigenvalue weighted by Crippen LogP contribution is 2.23. The third kappa shape index (κ3) is 3.54. The van der Waals surface area contributed by atoms with E-state index >= 15 is 0 Å². The van der Waals surface area contributed by atoms with E-state index in [9.17, 15) is 9.18 Å². The van der Waals surface area contributed by atoms with Crippen LogP contribution < -0.4 is 5.56 Å². The largest absolute Gasteiger partial charge is 0.441 e. The van der Waals surface area contributed by atoms with E-state index in [1.54, 1.807) is 35.2 Å². The van der Waals surface area contributed by atoms with Gasteiger partial charge in [0.15, 0.2) is 0 Å². The van der Waals surface area contributed by atoms with Gasteiger partial charge in [0.05, 0.1) is 12.2 Å². The summed E-state index contributed by atoms with van der Waals surface area (Å²) in [6.45, 7) is 4.15. The maximum absolute atomic E-state index is 13.2. The molecule has 31 heavy (non-hydrogen) atoms. The van der Waals surface area contributed by atoms with Crippen molar-refractivity contribution in [1.82, 2.24) is 19.2 Å². The number of benzene rings is 2. The van der Waals surface area contributed by atoms with Crippen LogP contribution in [0.15, 0.2) is 76.2 Å². The average Bonchev–Trinajstić information content (AvgIpc) is 3.36. The Balaban J connectivity index is 1.48. The first kappa shape index (κ1) is 19.0. The van der Waals surface area contributed by atoms with Crippen LogP contribution in [-0.2, 0) is 6.54 Å². The number of rotatable bonds is 4. The fraction of sp³-hybridized carbons (Fsp3) is 0.125. The maximum Gasteiger partial charge on any atom is 0.276 e. The SMILES string of the molecule is Cc1ccc(-c2nc(Cn3ccn4nc(-c5ccc(F)cc5)cc4c3=O)c(C)o2)cc1. The second-order valence-electron chi connectivity index (χ2n) is 7.49. The van der Waals surface area contributed by atoms with Crippen molar-refractivity contribution in [2.45, 2.75) is 20.4 Å². The summed E-state index contributed by atoms with van der Waals surface area (Å²) in [7, 11) is 0. The Morgan fingerprint density at radius 2 is 1.68 bits per heavy atom. The van der Waals surface area contributed by atoms with E-state index in [2.05, 4.69) is 10.1 Å². The Morgan fingerprint density at radius 1 is 0.968 bits per heavy atom. The smallest absolute Gasteiger partial charge is 0.276 e. The zero-order valence-corrected chi connectivity index (χ0v) is 17.0. The van der Waals surface area contributed by atoms with Gasteiger partial charge in [-0.25, -0.2) is 13.9 Å². The van der Waals surface area contributed by atoms with Crippen molar-refractivity contribution in [3.63, 3.8) is 0 Å². The van der Waals surface area contributed by atoms with Gasteiger partial charge in [-0.3, -0.25) is 4.79 Å². The molecule has 3 heterocycles. The van der Waals surface area contributed by atoms with Crippen molar-refractivity contribution in [3.05, 3.63) is 100 Å². The van der Waals surface area contributed by atoms with Gasteiger partial charge in [0.2, 0.25) is 5.89 Å². The Bertz CT molecular complexity index is 1440. The average molecular weight is 414 g/mol. The van der Waals surface area contributed by atoms with Crippen molar-refractivity contribution in [3.8, 4) is 22.7 Å². The number of hydrogen-bond donors (Lipinski definition) is 0. The van der Waals surface area contributed by atoms with Gasteiger partial charge in [-0.05, 0) is 56.3 Å². The molecule has 0 spiro atoms.